The molecule has 0 radical (unpaired) electrons. The van der Waals surface area contributed by atoms with Crippen molar-refractivity contribution < 1.29 is 14.8 Å². The van der Waals surface area contributed by atoms with Gasteiger partial charge in [-0.3, -0.25) is 4.79 Å². The number of rotatable bonds is 2. The average Bonchev–Trinajstić information content (AvgIpc) is 2.63. The smallest absolute Gasteiger partial charge is 0.329 e. The molecule has 18 heavy (non-hydrogen) atoms. The number of nitrogens with zero attached hydrogens (tertiary/aromatic N) is 2. The van der Waals surface area contributed by atoms with E-state index in [1.165, 1.54) is 0 Å². The molecular formula is C12H13N3O3. The molecule has 1 unspecified atom stereocenters. The van der Waals surface area contributed by atoms with Gasteiger partial charge in [0, 0.05) is 0 Å². The van der Waals surface area contributed by atoms with E-state index in [0.717, 1.165) is 10.5 Å². The SMILES string of the molecule is CC(=NO)c1ccc(N2C(=O)NC(C)C2=O)cc1. The Morgan fingerprint density at radius 2 is 1.94 bits per heavy atom. The van der Waals surface area contributed by atoms with Gasteiger partial charge in [0.1, 0.15) is 6.04 Å². The van der Waals surface area contributed by atoms with Crippen LogP contribution in [0.25, 0.3) is 0 Å². The molecule has 0 spiro atoms. The molecule has 1 fully saturated rings. The van der Waals surface area contributed by atoms with Gasteiger partial charge in [0.2, 0.25) is 0 Å². The molecule has 1 aliphatic rings. The number of benzene rings is 1. The molecule has 1 aliphatic heterocycles. The van der Waals surface area contributed by atoms with E-state index in [-0.39, 0.29) is 5.91 Å². The van der Waals surface area contributed by atoms with Crippen LogP contribution in [0.3, 0.4) is 0 Å². The zero-order valence-corrected chi connectivity index (χ0v) is 10.0. The Bertz CT molecular complexity index is 522. The Morgan fingerprint density at radius 3 is 2.39 bits per heavy atom. The molecule has 94 valence electrons. The van der Waals surface area contributed by atoms with Gasteiger partial charge < -0.3 is 10.5 Å². The number of nitrogens with one attached hydrogen (secondary N) is 1. The highest BCUT2D eigenvalue weighted by Gasteiger charge is 2.35. The summed E-state index contributed by atoms with van der Waals surface area (Å²) in [6, 6.07) is 5.73. The predicted molar refractivity (Wildman–Crippen MR) is 65.9 cm³/mol. The van der Waals surface area contributed by atoms with Crippen molar-refractivity contribution in [2.75, 3.05) is 4.90 Å². The third kappa shape index (κ3) is 1.92. The van der Waals surface area contributed by atoms with E-state index in [4.69, 9.17) is 5.21 Å². The van der Waals surface area contributed by atoms with Crippen LogP contribution in [-0.2, 0) is 4.79 Å². The van der Waals surface area contributed by atoms with Crippen LogP contribution in [0.2, 0.25) is 0 Å². The van der Waals surface area contributed by atoms with Crippen LogP contribution in [0.5, 0.6) is 0 Å². The second-order valence-corrected chi connectivity index (χ2v) is 4.08. The van der Waals surface area contributed by atoms with Gasteiger partial charge in [0.05, 0.1) is 11.4 Å². The first-order chi connectivity index (χ1) is 8.54. The molecule has 0 aromatic heterocycles. The predicted octanol–water partition coefficient (Wildman–Crippen LogP) is 1.33. The van der Waals surface area contributed by atoms with Crippen molar-refractivity contribution in [1.29, 1.82) is 0 Å². The normalized spacial score (nSPS) is 20.2. The van der Waals surface area contributed by atoms with Crippen molar-refractivity contribution in [3.8, 4) is 0 Å². The molecule has 3 amide bonds. The van der Waals surface area contributed by atoms with Crippen LogP contribution < -0.4 is 10.2 Å². The Labute approximate surface area is 104 Å². The molecule has 1 heterocycles. The Hall–Kier alpha value is -2.37. The van der Waals surface area contributed by atoms with Gasteiger partial charge >= 0.3 is 6.03 Å². The topological polar surface area (TPSA) is 82.0 Å². The fraction of sp³-hybridized carbons (Fsp3) is 0.250. The lowest BCUT2D eigenvalue weighted by Gasteiger charge is -2.12. The summed E-state index contributed by atoms with van der Waals surface area (Å²) in [6.07, 6.45) is 0. The molecule has 6 heteroatoms. The summed E-state index contributed by atoms with van der Waals surface area (Å²) in [5, 5.41) is 14.3. The number of hydrogen-bond acceptors (Lipinski definition) is 4. The van der Waals surface area contributed by atoms with Crippen LogP contribution in [-0.4, -0.2) is 28.9 Å². The first kappa shape index (κ1) is 12.1. The van der Waals surface area contributed by atoms with E-state index in [2.05, 4.69) is 10.5 Å². The van der Waals surface area contributed by atoms with Crippen molar-refractivity contribution in [3.05, 3.63) is 29.8 Å². The highest BCUT2D eigenvalue weighted by molar-refractivity contribution is 6.21. The molecule has 1 saturated heterocycles. The average molecular weight is 247 g/mol. The summed E-state index contributed by atoms with van der Waals surface area (Å²) in [5.41, 5.74) is 1.69. The summed E-state index contributed by atoms with van der Waals surface area (Å²) in [7, 11) is 0. The van der Waals surface area contributed by atoms with Gasteiger partial charge in [-0.2, -0.15) is 0 Å². The monoisotopic (exact) mass is 247 g/mol. The Morgan fingerprint density at radius 1 is 1.33 bits per heavy atom. The molecule has 1 atom stereocenters. The van der Waals surface area contributed by atoms with Crippen LogP contribution >= 0.6 is 0 Å². The summed E-state index contributed by atoms with van der Waals surface area (Å²) < 4.78 is 0. The van der Waals surface area contributed by atoms with Crippen LogP contribution in [0.15, 0.2) is 29.4 Å². The summed E-state index contributed by atoms with van der Waals surface area (Å²) >= 11 is 0. The van der Waals surface area contributed by atoms with Gasteiger partial charge in [-0.15, -0.1) is 0 Å². The first-order valence-corrected chi connectivity index (χ1v) is 5.48. The Kier molecular flexibility index (Phi) is 3.01. The molecule has 2 rings (SSSR count). The summed E-state index contributed by atoms with van der Waals surface area (Å²) in [5.74, 6) is -0.278. The van der Waals surface area contributed by atoms with E-state index in [1.54, 1.807) is 38.1 Å². The van der Waals surface area contributed by atoms with E-state index in [1.807, 2.05) is 0 Å². The number of hydrogen-bond donors (Lipinski definition) is 2. The fourth-order valence-corrected chi connectivity index (χ4v) is 1.76. The summed E-state index contributed by atoms with van der Waals surface area (Å²) in [6.45, 7) is 3.29. The number of amides is 3. The van der Waals surface area contributed by atoms with Crippen molar-refractivity contribution in [3.63, 3.8) is 0 Å². The standard InChI is InChI=1S/C12H13N3O3/c1-7(14-18)9-3-5-10(6-4-9)15-11(16)8(2)13-12(15)17/h3-6,8,18H,1-2H3,(H,13,17). The number of carbonyl (C=O) groups excluding carboxylic acids is 2. The highest BCUT2D eigenvalue weighted by Crippen LogP contribution is 2.20. The van der Waals surface area contributed by atoms with Crippen molar-refractivity contribution in [2.24, 2.45) is 5.16 Å². The molecule has 0 bridgehead atoms. The highest BCUT2D eigenvalue weighted by atomic mass is 16.4. The van der Waals surface area contributed by atoms with E-state index in [9.17, 15) is 9.59 Å². The maximum absolute atomic E-state index is 11.8. The quantitative estimate of drug-likeness (QED) is 0.358. The largest absolute Gasteiger partial charge is 0.411 e. The van der Waals surface area contributed by atoms with Gasteiger partial charge in [0.25, 0.3) is 5.91 Å². The number of carbonyl (C=O) groups is 2. The lowest BCUT2D eigenvalue weighted by molar-refractivity contribution is -0.117. The summed E-state index contributed by atoms with van der Waals surface area (Å²) in [4.78, 5) is 24.5. The van der Waals surface area contributed by atoms with E-state index in [0.29, 0.717) is 11.4 Å². The minimum Gasteiger partial charge on any atom is -0.411 e. The maximum Gasteiger partial charge on any atom is 0.329 e. The molecule has 0 saturated carbocycles. The van der Waals surface area contributed by atoms with E-state index >= 15 is 0 Å². The zero-order chi connectivity index (χ0) is 13.3. The third-order valence-corrected chi connectivity index (χ3v) is 2.83. The molecule has 1 aromatic carbocycles. The molecule has 2 N–H and O–H groups in total. The van der Waals surface area contributed by atoms with Gasteiger partial charge in [-0.25, -0.2) is 9.69 Å². The van der Waals surface area contributed by atoms with Gasteiger partial charge in [0.15, 0.2) is 0 Å². The van der Waals surface area contributed by atoms with Crippen molar-refractivity contribution in [1.82, 2.24) is 5.32 Å². The van der Waals surface area contributed by atoms with Crippen LogP contribution in [0, 0.1) is 0 Å². The molecular weight excluding hydrogens is 234 g/mol. The first-order valence-electron chi connectivity index (χ1n) is 5.48. The molecule has 6 nitrogen and oxygen atoms in total. The fourth-order valence-electron chi connectivity index (χ4n) is 1.76. The Balaban J connectivity index is 2.30. The van der Waals surface area contributed by atoms with E-state index < -0.39 is 12.1 Å². The van der Waals surface area contributed by atoms with Crippen LogP contribution in [0.4, 0.5) is 10.5 Å². The second kappa shape index (κ2) is 4.48. The van der Waals surface area contributed by atoms with Gasteiger partial charge in [-0.1, -0.05) is 17.3 Å². The molecule has 0 aliphatic carbocycles. The minimum absolute atomic E-state index is 0.278. The van der Waals surface area contributed by atoms with Crippen LogP contribution in [0.1, 0.15) is 19.4 Å². The zero-order valence-electron chi connectivity index (χ0n) is 10.0. The second-order valence-electron chi connectivity index (χ2n) is 4.08. The van der Waals surface area contributed by atoms with Crippen molar-refractivity contribution >= 4 is 23.3 Å². The number of oxime groups is 1. The van der Waals surface area contributed by atoms with Gasteiger partial charge in [-0.05, 0) is 31.5 Å². The van der Waals surface area contributed by atoms with Crippen molar-refractivity contribution in [2.45, 2.75) is 19.9 Å². The third-order valence-electron chi connectivity index (χ3n) is 2.83. The number of imide groups is 1. The number of urea groups is 1. The number of anilines is 1. The maximum atomic E-state index is 11.8. The molecule has 1 aromatic rings. The minimum atomic E-state index is -0.502. The lowest BCUT2D eigenvalue weighted by Crippen LogP contribution is -2.30. The lowest BCUT2D eigenvalue weighted by atomic mass is 10.1.